The van der Waals surface area contributed by atoms with Gasteiger partial charge in [-0.3, -0.25) is 0 Å². The van der Waals surface area contributed by atoms with E-state index in [2.05, 4.69) is 5.32 Å². The van der Waals surface area contributed by atoms with E-state index in [9.17, 15) is 9.90 Å². The maximum Gasteiger partial charge on any atom is 0.408 e. The lowest BCUT2D eigenvalue weighted by atomic mass is 10.2. The number of rotatable bonds is 5. The lowest BCUT2D eigenvalue weighted by molar-refractivity contribution is -0.167. The zero-order chi connectivity index (χ0) is 14.3. The first-order chi connectivity index (χ1) is 8.90. The summed E-state index contributed by atoms with van der Waals surface area (Å²) in [7, 11) is 0. The van der Waals surface area contributed by atoms with Gasteiger partial charge in [-0.25, -0.2) is 4.79 Å². The highest BCUT2D eigenvalue weighted by atomic mass is 16.7. The highest BCUT2D eigenvalue weighted by Crippen LogP contribution is 2.14. The molecule has 0 radical (unpaired) electrons. The van der Waals surface area contributed by atoms with Crippen molar-refractivity contribution in [1.82, 2.24) is 5.32 Å². The van der Waals surface area contributed by atoms with Gasteiger partial charge in [0.05, 0.1) is 19.3 Å². The van der Waals surface area contributed by atoms with Crippen LogP contribution in [0.2, 0.25) is 0 Å². The highest BCUT2D eigenvalue weighted by molar-refractivity contribution is 5.68. The number of nitrogens with one attached hydrogen (secondary N) is 1. The summed E-state index contributed by atoms with van der Waals surface area (Å²) in [6.45, 7) is 6.06. The second-order valence-corrected chi connectivity index (χ2v) is 5.66. The third-order valence-electron chi connectivity index (χ3n) is 2.56. The highest BCUT2D eigenvalue weighted by Gasteiger charge is 2.21. The summed E-state index contributed by atoms with van der Waals surface area (Å²) in [5, 5.41) is 11.8. The molecule has 0 aromatic carbocycles. The Hall–Kier alpha value is -0.850. The largest absolute Gasteiger partial charge is 0.444 e. The molecule has 1 saturated heterocycles. The Morgan fingerprint density at radius 1 is 1.47 bits per heavy atom. The molecule has 1 aliphatic heterocycles. The van der Waals surface area contributed by atoms with E-state index in [-0.39, 0.29) is 19.5 Å². The van der Waals surface area contributed by atoms with E-state index in [1.165, 1.54) is 0 Å². The Bertz CT molecular complexity index is 271. The molecule has 0 unspecified atom stereocenters. The first-order valence-electron chi connectivity index (χ1n) is 6.74. The lowest BCUT2D eigenvalue weighted by Gasteiger charge is -2.26. The van der Waals surface area contributed by atoms with Crippen LogP contribution in [0.15, 0.2) is 0 Å². The average molecular weight is 275 g/mol. The number of alkyl carbamates (subject to hydrolysis) is 1. The minimum absolute atomic E-state index is 0.202. The van der Waals surface area contributed by atoms with Crippen LogP contribution in [-0.4, -0.2) is 49.0 Å². The van der Waals surface area contributed by atoms with Crippen LogP contribution in [0.3, 0.4) is 0 Å². The Balaban J connectivity index is 2.26. The number of amides is 1. The zero-order valence-electron chi connectivity index (χ0n) is 12.0. The van der Waals surface area contributed by atoms with E-state index in [4.69, 9.17) is 14.2 Å². The SMILES string of the molecule is CC(C)(C)OC(=O)N[C@H](CO)CO[C@@H]1CCCCO1. The number of hydrogen-bond acceptors (Lipinski definition) is 5. The lowest BCUT2D eigenvalue weighted by Crippen LogP contribution is -2.44. The molecule has 6 nitrogen and oxygen atoms in total. The summed E-state index contributed by atoms with van der Waals surface area (Å²) in [4.78, 5) is 11.5. The molecule has 1 heterocycles. The van der Waals surface area contributed by atoms with Crippen molar-refractivity contribution in [1.29, 1.82) is 0 Å². The van der Waals surface area contributed by atoms with E-state index in [0.717, 1.165) is 19.3 Å². The van der Waals surface area contributed by atoms with Gasteiger partial charge in [-0.05, 0) is 40.0 Å². The van der Waals surface area contributed by atoms with Gasteiger partial charge in [0.15, 0.2) is 6.29 Å². The molecule has 19 heavy (non-hydrogen) atoms. The summed E-state index contributed by atoms with van der Waals surface area (Å²) in [5.74, 6) is 0. The smallest absolute Gasteiger partial charge is 0.408 e. The second-order valence-electron chi connectivity index (χ2n) is 5.66. The average Bonchev–Trinajstić information content (AvgIpc) is 2.33. The molecule has 1 fully saturated rings. The van der Waals surface area contributed by atoms with E-state index in [0.29, 0.717) is 6.61 Å². The maximum atomic E-state index is 11.5. The summed E-state index contributed by atoms with van der Waals surface area (Å²) < 4.78 is 16.0. The van der Waals surface area contributed by atoms with Crippen molar-refractivity contribution in [3.05, 3.63) is 0 Å². The number of aliphatic hydroxyl groups is 1. The van der Waals surface area contributed by atoms with Crippen LogP contribution < -0.4 is 5.32 Å². The van der Waals surface area contributed by atoms with Crippen molar-refractivity contribution in [3.63, 3.8) is 0 Å². The van der Waals surface area contributed by atoms with Crippen LogP contribution in [0.25, 0.3) is 0 Å². The molecule has 0 aliphatic carbocycles. The number of hydrogen-bond donors (Lipinski definition) is 2. The molecule has 0 saturated carbocycles. The molecule has 2 atom stereocenters. The maximum absolute atomic E-state index is 11.5. The monoisotopic (exact) mass is 275 g/mol. The van der Waals surface area contributed by atoms with Gasteiger partial charge in [-0.2, -0.15) is 0 Å². The summed E-state index contributed by atoms with van der Waals surface area (Å²) >= 11 is 0. The fourth-order valence-corrected chi connectivity index (χ4v) is 1.68. The molecular formula is C13H25NO5. The molecule has 0 aromatic rings. The van der Waals surface area contributed by atoms with Crippen molar-refractivity contribution >= 4 is 6.09 Å². The summed E-state index contributed by atoms with van der Waals surface area (Å²) in [5.41, 5.74) is -0.558. The molecule has 2 N–H and O–H groups in total. The second kappa shape index (κ2) is 7.67. The van der Waals surface area contributed by atoms with Gasteiger partial charge in [0, 0.05) is 6.61 Å². The van der Waals surface area contributed by atoms with E-state index < -0.39 is 17.7 Å². The predicted molar refractivity (Wildman–Crippen MR) is 69.8 cm³/mol. The van der Waals surface area contributed by atoms with Gasteiger partial charge in [0.25, 0.3) is 0 Å². The number of carbonyl (C=O) groups is 1. The Labute approximate surface area is 114 Å². The van der Waals surface area contributed by atoms with Crippen molar-refractivity contribution in [2.45, 2.75) is 58.0 Å². The molecule has 0 spiro atoms. The molecule has 6 heteroatoms. The van der Waals surface area contributed by atoms with E-state index >= 15 is 0 Å². The van der Waals surface area contributed by atoms with Gasteiger partial charge in [0.2, 0.25) is 0 Å². The minimum Gasteiger partial charge on any atom is -0.444 e. The van der Waals surface area contributed by atoms with E-state index in [1.807, 2.05) is 0 Å². The minimum atomic E-state index is -0.558. The molecule has 1 amide bonds. The third-order valence-corrected chi connectivity index (χ3v) is 2.56. The predicted octanol–water partition coefficient (Wildman–Crippen LogP) is 1.42. The van der Waals surface area contributed by atoms with E-state index in [1.54, 1.807) is 20.8 Å². The van der Waals surface area contributed by atoms with Crippen LogP contribution in [0.1, 0.15) is 40.0 Å². The number of aliphatic hydroxyl groups excluding tert-OH is 1. The summed E-state index contributed by atoms with van der Waals surface area (Å²) in [6, 6.07) is -0.486. The van der Waals surface area contributed by atoms with Crippen LogP contribution in [0.4, 0.5) is 4.79 Å². The quantitative estimate of drug-likeness (QED) is 0.793. The molecule has 0 aromatic heterocycles. The van der Waals surface area contributed by atoms with Crippen molar-refractivity contribution in [2.24, 2.45) is 0 Å². The molecule has 0 bridgehead atoms. The van der Waals surface area contributed by atoms with Crippen LogP contribution >= 0.6 is 0 Å². The molecular weight excluding hydrogens is 250 g/mol. The van der Waals surface area contributed by atoms with Crippen LogP contribution in [-0.2, 0) is 14.2 Å². The number of carbonyl (C=O) groups excluding carboxylic acids is 1. The van der Waals surface area contributed by atoms with Crippen molar-refractivity contribution in [2.75, 3.05) is 19.8 Å². The van der Waals surface area contributed by atoms with Crippen molar-refractivity contribution < 1.29 is 24.1 Å². The first kappa shape index (κ1) is 16.2. The standard InChI is InChI=1S/C13H25NO5/c1-13(2,3)19-12(16)14-10(8-15)9-18-11-6-4-5-7-17-11/h10-11,15H,4-9H2,1-3H3,(H,14,16)/t10-,11-/m1/s1. The van der Waals surface area contributed by atoms with Gasteiger partial charge < -0.3 is 24.6 Å². The normalized spacial score (nSPS) is 21.8. The third kappa shape index (κ3) is 7.34. The van der Waals surface area contributed by atoms with Crippen LogP contribution in [0.5, 0.6) is 0 Å². The Morgan fingerprint density at radius 3 is 2.74 bits per heavy atom. The fourth-order valence-electron chi connectivity index (χ4n) is 1.68. The topological polar surface area (TPSA) is 77.0 Å². The van der Waals surface area contributed by atoms with Crippen LogP contribution in [0, 0.1) is 0 Å². The Morgan fingerprint density at radius 2 is 2.21 bits per heavy atom. The van der Waals surface area contributed by atoms with Gasteiger partial charge in [-0.15, -0.1) is 0 Å². The number of ether oxygens (including phenoxy) is 3. The Kier molecular flexibility index (Phi) is 6.54. The fraction of sp³-hybridized carbons (Fsp3) is 0.923. The zero-order valence-corrected chi connectivity index (χ0v) is 12.0. The van der Waals surface area contributed by atoms with Gasteiger partial charge >= 0.3 is 6.09 Å². The first-order valence-corrected chi connectivity index (χ1v) is 6.74. The molecule has 1 rings (SSSR count). The molecule has 112 valence electrons. The molecule has 1 aliphatic rings. The summed E-state index contributed by atoms with van der Waals surface area (Å²) in [6.07, 6.45) is 2.20. The van der Waals surface area contributed by atoms with Gasteiger partial charge in [0.1, 0.15) is 5.60 Å². The van der Waals surface area contributed by atoms with Crippen molar-refractivity contribution in [3.8, 4) is 0 Å². The van der Waals surface area contributed by atoms with Gasteiger partial charge in [-0.1, -0.05) is 0 Å².